The van der Waals surface area contributed by atoms with Crippen molar-refractivity contribution in [2.75, 3.05) is 5.32 Å². The van der Waals surface area contributed by atoms with Gasteiger partial charge in [-0.2, -0.15) is 13.2 Å². The number of aryl methyl sites for hydroxylation is 1. The van der Waals surface area contributed by atoms with Crippen LogP contribution in [0.1, 0.15) is 31.7 Å². The van der Waals surface area contributed by atoms with Crippen LogP contribution in [0.5, 0.6) is 0 Å². The summed E-state index contributed by atoms with van der Waals surface area (Å²) in [4.78, 5) is 11.7. The molecule has 0 aliphatic carbocycles. The topological polar surface area (TPSA) is 55.1 Å². The first kappa shape index (κ1) is 16.5. The summed E-state index contributed by atoms with van der Waals surface area (Å²) in [6.45, 7) is 1.92. The van der Waals surface area contributed by atoms with Crippen molar-refractivity contribution in [3.63, 3.8) is 0 Å². The molecule has 0 aliphatic rings. The maximum atomic E-state index is 12.2. The van der Waals surface area contributed by atoms with E-state index in [4.69, 9.17) is 5.73 Å². The molecule has 20 heavy (non-hydrogen) atoms. The van der Waals surface area contributed by atoms with Crippen molar-refractivity contribution in [3.8, 4) is 0 Å². The maximum Gasteiger partial charge on any atom is 0.389 e. The van der Waals surface area contributed by atoms with Crippen LogP contribution >= 0.6 is 0 Å². The summed E-state index contributed by atoms with van der Waals surface area (Å²) in [7, 11) is 0. The Balaban J connectivity index is 2.62. The lowest BCUT2D eigenvalue weighted by atomic mass is 10.1. The van der Waals surface area contributed by atoms with Crippen molar-refractivity contribution in [1.82, 2.24) is 0 Å². The van der Waals surface area contributed by atoms with Crippen LogP contribution in [0, 0.1) is 0 Å². The molecule has 0 heterocycles. The first-order valence-electron chi connectivity index (χ1n) is 6.54. The van der Waals surface area contributed by atoms with Crippen LogP contribution < -0.4 is 11.1 Å². The van der Waals surface area contributed by atoms with Crippen LogP contribution in [0.3, 0.4) is 0 Å². The molecular weight excluding hydrogens is 269 g/mol. The predicted molar refractivity (Wildman–Crippen MR) is 72.3 cm³/mol. The summed E-state index contributed by atoms with van der Waals surface area (Å²) in [6, 6.07) is 5.80. The van der Waals surface area contributed by atoms with Gasteiger partial charge in [-0.15, -0.1) is 0 Å². The normalized spacial score (nSPS) is 13.1. The molecule has 1 amide bonds. The molecule has 1 unspecified atom stereocenters. The van der Waals surface area contributed by atoms with E-state index in [2.05, 4.69) is 5.32 Å². The Morgan fingerprint density at radius 2 is 2.10 bits per heavy atom. The molecule has 1 aromatic rings. The molecule has 3 N–H and O–H groups in total. The number of nitrogens with two attached hydrogens (primary N) is 1. The van der Waals surface area contributed by atoms with Gasteiger partial charge in [0.2, 0.25) is 5.91 Å². The minimum Gasteiger partial charge on any atom is -0.325 e. The summed E-state index contributed by atoms with van der Waals surface area (Å²) < 4.78 is 36.5. The lowest BCUT2D eigenvalue weighted by Crippen LogP contribution is -2.35. The number of rotatable bonds is 6. The summed E-state index contributed by atoms with van der Waals surface area (Å²) in [5.74, 6) is -0.320. The summed E-state index contributed by atoms with van der Waals surface area (Å²) >= 11 is 0. The quantitative estimate of drug-likeness (QED) is 0.844. The number of alkyl halides is 3. The van der Waals surface area contributed by atoms with Gasteiger partial charge in [-0.3, -0.25) is 4.79 Å². The number of halogens is 3. The van der Waals surface area contributed by atoms with E-state index in [9.17, 15) is 18.0 Å². The van der Waals surface area contributed by atoms with E-state index in [1.165, 1.54) is 0 Å². The van der Waals surface area contributed by atoms with Gasteiger partial charge in [-0.1, -0.05) is 25.5 Å². The van der Waals surface area contributed by atoms with Crippen molar-refractivity contribution in [1.29, 1.82) is 0 Å². The summed E-state index contributed by atoms with van der Waals surface area (Å²) in [6.07, 6.45) is -3.80. The number of benzene rings is 1. The van der Waals surface area contributed by atoms with Gasteiger partial charge in [0.05, 0.1) is 6.04 Å². The molecule has 1 aromatic carbocycles. The van der Waals surface area contributed by atoms with Gasteiger partial charge in [0.25, 0.3) is 0 Å². The first-order valence-corrected chi connectivity index (χ1v) is 6.54. The second-order valence-electron chi connectivity index (χ2n) is 4.70. The van der Waals surface area contributed by atoms with E-state index < -0.39 is 18.6 Å². The smallest absolute Gasteiger partial charge is 0.325 e. The van der Waals surface area contributed by atoms with Crippen LogP contribution in [-0.4, -0.2) is 18.1 Å². The highest BCUT2D eigenvalue weighted by molar-refractivity contribution is 5.94. The fourth-order valence-corrected chi connectivity index (χ4v) is 1.77. The molecule has 6 heteroatoms. The van der Waals surface area contributed by atoms with E-state index in [-0.39, 0.29) is 12.3 Å². The van der Waals surface area contributed by atoms with Crippen molar-refractivity contribution in [3.05, 3.63) is 29.8 Å². The predicted octanol–water partition coefficient (Wildman–Crippen LogP) is 3.25. The standard InChI is InChI=1S/C14H19F3N2O/c1-2-4-12(18)13(20)19-11-6-3-5-10(9-11)7-8-14(15,16)17/h3,5-6,9,12H,2,4,7-8,18H2,1H3,(H,19,20). The minimum atomic E-state index is -4.18. The fraction of sp³-hybridized carbons (Fsp3) is 0.500. The highest BCUT2D eigenvalue weighted by atomic mass is 19.4. The highest BCUT2D eigenvalue weighted by Crippen LogP contribution is 2.23. The van der Waals surface area contributed by atoms with Crippen molar-refractivity contribution < 1.29 is 18.0 Å². The Bertz CT molecular complexity index is 446. The van der Waals surface area contributed by atoms with Crippen LogP contribution in [0.15, 0.2) is 24.3 Å². The molecular formula is C14H19F3N2O. The van der Waals surface area contributed by atoms with Crippen molar-refractivity contribution in [2.24, 2.45) is 5.73 Å². The number of carbonyl (C=O) groups is 1. The zero-order valence-corrected chi connectivity index (χ0v) is 11.3. The second-order valence-corrected chi connectivity index (χ2v) is 4.70. The number of anilines is 1. The lowest BCUT2D eigenvalue weighted by Gasteiger charge is -2.12. The van der Waals surface area contributed by atoms with Gasteiger partial charge in [-0.05, 0) is 30.5 Å². The molecule has 0 aliphatic heterocycles. The monoisotopic (exact) mass is 288 g/mol. The van der Waals surface area contributed by atoms with Crippen LogP contribution in [-0.2, 0) is 11.2 Å². The van der Waals surface area contributed by atoms with Gasteiger partial charge in [0.15, 0.2) is 0 Å². The zero-order valence-electron chi connectivity index (χ0n) is 11.3. The van der Waals surface area contributed by atoms with E-state index >= 15 is 0 Å². The maximum absolute atomic E-state index is 12.2. The molecule has 1 rings (SSSR count). The molecule has 0 aromatic heterocycles. The van der Waals surface area contributed by atoms with Gasteiger partial charge < -0.3 is 11.1 Å². The molecule has 0 fully saturated rings. The van der Waals surface area contributed by atoms with Crippen molar-refractivity contribution in [2.45, 2.75) is 44.8 Å². The Labute approximate surface area is 116 Å². The lowest BCUT2D eigenvalue weighted by molar-refractivity contribution is -0.134. The number of amides is 1. The molecule has 112 valence electrons. The largest absolute Gasteiger partial charge is 0.389 e. The third kappa shape index (κ3) is 6.06. The third-order valence-electron chi connectivity index (χ3n) is 2.83. The van der Waals surface area contributed by atoms with E-state index in [0.29, 0.717) is 17.7 Å². The minimum absolute atomic E-state index is 0.103. The number of hydrogen-bond acceptors (Lipinski definition) is 2. The average Bonchev–Trinajstić information content (AvgIpc) is 2.36. The van der Waals surface area contributed by atoms with Crippen LogP contribution in [0.2, 0.25) is 0 Å². The Morgan fingerprint density at radius 3 is 2.70 bits per heavy atom. The average molecular weight is 288 g/mol. The summed E-state index contributed by atoms with van der Waals surface area (Å²) in [5.41, 5.74) is 6.67. The van der Waals surface area contributed by atoms with Crippen LogP contribution in [0.25, 0.3) is 0 Å². The van der Waals surface area contributed by atoms with Gasteiger partial charge in [-0.25, -0.2) is 0 Å². The van der Waals surface area contributed by atoms with E-state index in [1.54, 1.807) is 24.3 Å². The van der Waals surface area contributed by atoms with Gasteiger partial charge in [0.1, 0.15) is 0 Å². The van der Waals surface area contributed by atoms with Crippen LogP contribution in [0.4, 0.5) is 18.9 Å². The zero-order chi connectivity index (χ0) is 15.2. The van der Waals surface area contributed by atoms with Crippen molar-refractivity contribution >= 4 is 11.6 Å². The second kappa shape index (κ2) is 7.28. The summed E-state index contributed by atoms with van der Waals surface area (Å²) in [5, 5.41) is 2.62. The Morgan fingerprint density at radius 1 is 1.40 bits per heavy atom. The Hall–Kier alpha value is -1.56. The third-order valence-corrected chi connectivity index (χ3v) is 2.83. The number of hydrogen-bond donors (Lipinski definition) is 2. The molecule has 0 saturated carbocycles. The number of nitrogens with one attached hydrogen (secondary N) is 1. The first-order chi connectivity index (χ1) is 9.31. The van der Waals surface area contributed by atoms with Gasteiger partial charge >= 0.3 is 6.18 Å². The highest BCUT2D eigenvalue weighted by Gasteiger charge is 2.26. The molecule has 1 atom stereocenters. The SMILES string of the molecule is CCCC(N)C(=O)Nc1cccc(CCC(F)(F)F)c1. The number of carbonyl (C=O) groups excluding carboxylic acids is 1. The van der Waals surface area contributed by atoms with E-state index in [0.717, 1.165) is 6.42 Å². The molecule has 3 nitrogen and oxygen atoms in total. The molecule has 0 bridgehead atoms. The van der Waals surface area contributed by atoms with Gasteiger partial charge in [0, 0.05) is 12.1 Å². The van der Waals surface area contributed by atoms with E-state index in [1.807, 2.05) is 6.92 Å². The molecule has 0 saturated heterocycles. The molecule has 0 spiro atoms. The molecule has 0 radical (unpaired) electrons. The fourth-order valence-electron chi connectivity index (χ4n) is 1.77. The Kier molecular flexibility index (Phi) is 6.01.